The summed E-state index contributed by atoms with van der Waals surface area (Å²) in [7, 11) is 0. The maximum atomic E-state index is 13.2. The van der Waals surface area contributed by atoms with Crippen LogP contribution < -0.4 is 10.2 Å². The second-order valence-corrected chi connectivity index (χ2v) is 10.9. The van der Waals surface area contributed by atoms with Crippen molar-refractivity contribution in [3.05, 3.63) is 121 Å². The van der Waals surface area contributed by atoms with Crippen LogP contribution in [0.3, 0.4) is 0 Å². The predicted molar refractivity (Wildman–Crippen MR) is 160 cm³/mol. The molecular formula is C29H18Br3N3O3. The van der Waals surface area contributed by atoms with Crippen molar-refractivity contribution in [2.75, 3.05) is 0 Å². The number of hydrogen-bond donors (Lipinski definition) is 2. The van der Waals surface area contributed by atoms with E-state index in [1.807, 2.05) is 54.6 Å². The van der Waals surface area contributed by atoms with Gasteiger partial charge in [-0.1, -0.05) is 80.4 Å². The van der Waals surface area contributed by atoms with Gasteiger partial charge in [0.15, 0.2) is 5.75 Å². The van der Waals surface area contributed by atoms with Crippen LogP contribution in [0.4, 0.5) is 0 Å². The molecule has 38 heavy (non-hydrogen) atoms. The Morgan fingerprint density at radius 1 is 0.842 bits per heavy atom. The molecule has 6 nitrogen and oxygen atoms in total. The molecule has 5 rings (SSSR count). The molecule has 0 aliphatic heterocycles. The molecular weight excluding hydrogens is 678 g/mol. The van der Waals surface area contributed by atoms with Crippen LogP contribution in [0.25, 0.3) is 22.0 Å². The largest absolute Gasteiger partial charge is 0.421 e. The first-order chi connectivity index (χ1) is 18.4. The van der Waals surface area contributed by atoms with Crippen molar-refractivity contribution < 1.29 is 14.3 Å². The van der Waals surface area contributed by atoms with E-state index in [1.165, 1.54) is 6.21 Å². The summed E-state index contributed by atoms with van der Waals surface area (Å²) in [5, 5.41) is 5.11. The molecule has 0 fully saturated rings. The quantitative estimate of drug-likeness (QED) is 0.0815. The lowest BCUT2D eigenvalue weighted by Gasteiger charge is -2.11. The number of aromatic amines is 1. The summed E-state index contributed by atoms with van der Waals surface area (Å²) < 4.78 is 7.83. The van der Waals surface area contributed by atoms with E-state index in [2.05, 4.69) is 63.3 Å². The van der Waals surface area contributed by atoms with Gasteiger partial charge in [-0.25, -0.2) is 10.2 Å². The number of benzene rings is 4. The van der Waals surface area contributed by atoms with Crippen LogP contribution in [0.2, 0.25) is 0 Å². The van der Waals surface area contributed by atoms with Crippen molar-refractivity contribution >= 4 is 76.8 Å². The standard InChI is InChI=1S/C29H18Br3N3O3/c30-20-12-10-18(11-13-20)29(37)38-27-19(14-21(31)15-23(27)32)16-33-35-28(36)26-25(17-6-2-1-3-7-17)22-8-4-5-9-24(22)34-26/h1-16,34H,(H,35,36). The van der Waals surface area contributed by atoms with Gasteiger partial charge in [0.2, 0.25) is 0 Å². The Labute approximate surface area is 243 Å². The van der Waals surface area contributed by atoms with Crippen LogP contribution in [-0.2, 0) is 0 Å². The number of esters is 1. The number of rotatable bonds is 6. The molecule has 0 bridgehead atoms. The number of fused-ring (bicyclic) bond motifs is 1. The third-order valence-electron chi connectivity index (χ3n) is 5.68. The van der Waals surface area contributed by atoms with Gasteiger partial charge in [0.1, 0.15) is 5.69 Å². The number of para-hydroxylation sites is 1. The van der Waals surface area contributed by atoms with Crippen molar-refractivity contribution in [1.82, 2.24) is 10.4 Å². The minimum Gasteiger partial charge on any atom is -0.421 e. The van der Waals surface area contributed by atoms with Crippen LogP contribution in [-0.4, -0.2) is 23.1 Å². The Kier molecular flexibility index (Phi) is 7.87. The Balaban J connectivity index is 1.42. The fourth-order valence-electron chi connectivity index (χ4n) is 3.95. The number of nitrogens with zero attached hydrogens (tertiary/aromatic N) is 1. The first-order valence-electron chi connectivity index (χ1n) is 11.4. The highest BCUT2D eigenvalue weighted by Gasteiger charge is 2.19. The highest BCUT2D eigenvalue weighted by Crippen LogP contribution is 2.34. The zero-order valence-electron chi connectivity index (χ0n) is 19.5. The number of H-pyrrole nitrogens is 1. The third kappa shape index (κ3) is 5.65. The van der Waals surface area contributed by atoms with Gasteiger partial charge in [-0.3, -0.25) is 4.79 Å². The summed E-state index contributed by atoms with van der Waals surface area (Å²) in [5.74, 6) is -0.654. The SMILES string of the molecule is O=C(Oc1c(Br)cc(Br)cc1C=NNC(=O)c1[nH]c2ccccc2c1-c1ccccc1)c1ccc(Br)cc1. The zero-order chi connectivity index (χ0) is 26.6. The van der Waals surface area contributed by atoms with Gasteiger partial charge in [0.05, 0.1) is 16.3 Å². The molecule has 0 aliphatic rings. The lowest BCUT2D eigenvalue weighted by Crippen LogP contribution is -2.19. The van der Waals surface area contributed by atoms with E-state index in [1.54, 1.807) is 36.4 Å². The number of hydrogen-bond acceptors (Lipinski definition) is 4. The second kappa shape index (κ2) is 11.5. The van der Waals surface area contributed by atoms with Gasteiger partial charge in [0, 0.05) is 31.0 Å². The van der Waals surface area contributed by atoms with E-state index >= 15 is 0 Å². The molecule has 1 aromatic heterocycles. The summed E-state index contributed by atoms with van der Waals surface area (Å²) in [5.41, 5.74) is 6.43. The van der Waals surface area contributed by atoms with E-state index in [0.29, 0.717) is 21.3 Å². The molecule has 5 aromatic rings. The Morgan fingerprint density at radius 3 is 2.32 bits per heavy atom. The topological polar surface area (TPSA) is 83.5 Å². The molecule has 0 unspecified atom stereocenters. The minimum absolute atomic E-state index is 0.273. The van der Waals surface area contributed by atoms with E-state index in [4.69, 9.17) is 4.74 Å². The molecule has 0 atom stereocenters. The van der Waals surface area contributed by atoms with Crippen molar-refractivity contribution in [1.29, 1.82) is 0 Å². The second-order valence-electron chi connectivity index (χ2n) is 8.19. The van der Waals surface area contributed by atoms with Gasteiger partial charge >= 0.3 is 5.97 Å². The Morgan fingerprint density at radius 2 is 1.55 bits per heavy atom. The average Bonchev–Trinajstić information content (AvgIpc) is 3.31. The van der Waals surface area contributed by atoms with E-state index in [-0.39, 0.29) is 5.75 Å². The molecule has 0 spiro atoms. The van der Waals surface area contributed by atoms with Crippen molar-refractivity contribution in [2.24, 2.45) is 5.10 Å². The summed E-state index contributed by atoms with van der Waals surface area (Å²) >= 11 is 10.3. The molecule has 0 saturated heterocycles. The number of carbonyl (C=O) groups is 2. The number of ether oxygens (including phenoxy) is 1. The maximum Gasteiger partial charge on any atom is 0.343 e. The van der Waals surface area contributed by atoms with Gasteiger partial charge in [0.25, 0.3) is 5.91 Å². The smallest absolute Gasteiger partial charge is 0.343 e. The summed E-state index contributed by atoms with van der Waals surface area (Å²) in [6.45, 7) is 0. The van der Waals surface area contributed by atoms with Crippen LogP contribution in [0.1, 0.15) is 26.4 Å². The van der Waals surface area contributed by atoms with E-state index < -0.39 is 11.9 Å². The van der Waals surface area contributed by atoms with Gasteiger partial charge < -0.3 is 9.72 Å². The summed E-state index contributed by atoms with van der Waals surface area (Å²) in [6, 6.07) is 27.8. The number of hydrazone groups is 1. The molecule has 2 N–H and O–H groups in total. The number of halogens is 3. The van der Waals surface area contributed by atoms with Crippen LogP contribution >= 0.6 is 47.8 Å². The summed E-state index contributed by atoms with van der Waals surface area (Å²) in [4.78, 5) is 29.2. The Hall–Kier alpha value is -3.53. The van der Waals surface area contributed by atoms with Gasteiger partial charge in [-0.2, -0.15) is 5.10 Å². The van der Waals surface area contributed by atoms with Crippen molar-refractivity contribution in [2.45, 2.75) is 0 Å². The lowest BCUT2D eigenvalue weighted by atomic mass is 10.0. The molecule has 1 amide bonds. The van der Waals surface area contributed by atoms with Crippen LogP contribution in [0.5, 0.6) is 5.75 Å². The average molecular weight is 696 g/mol. The molecule has 0 aliphatic carbocycles. The molecule has 0 saturated carbocycles. The monoisotopic (exact) mass is 693 g/mol. The maximum absolute atomic E-state index is 13.2. The van der Waals surface area contributed by atoms with E-state index in [0.717, 1.165) is 31.0 Å². The zero-order valence-corrected chi connectivity index (χ0v) is 24.3. The lowest BCUT2D eigenvalue weighted by molar-refractivity contribution is 0.0733. The van der Waals surface area contributed by atoms with Gasteiger partial charge in [-0.15, -0.1) is 0 Å². The predicted octanol–water partition coefficient (Wildman–Crippen LogP) is 8.11. The molecule has 0 radical (unpaired) electrons. The number of aromatic nitrogens is 1. The first kappa shape index (κ1) is 26.1. The highest BCUT2D eigenvalue weighted by molar-refractivity contribution is 9.11. The minimum atomic E-state index is -0.523. The van der Waals surface area contributed by atoms with Crippen LogP contribution in [0, 0.1) is 0 Å². The Bertz CT molecular complexity index is 1680. The molecule has 4 aromatic carbocycles. The first-order valence-corrected chi connectivity index (χ1v) is 13.7. The van der Waals surface area contributed by atoms with Crippen molar-refractivity contribution in [3.63, 3.8) is 0 Å². The molecule has 188 valence electrons. The highest BCUT2D eigenvalue weighted by atomic mass is 79.9. The third-order valence-corrected chi connectivity index (χ3v) is 7.25. The number of amides is 1. The normalized spacial score (nSPS) is 11.1. The van der Waals surface area contributed by atoms with Crippen molar-refractivity contribution in [3.8, 4) is 16.9 Å². The van der Waals surface area contributed by atoms with E-state index in [9.17, 15) is 9.59 Å². The molecule has 1 heterocycles. The van der Waals surface area contributed by atoms with Gasteiger partial charge in [-0.05, 0) is 64.0 Å². The summed E-state index contributed by atoms with van der Waals surface area (Å²) in [6.07, 6.45) is 1.43. The number of nitrogens with one attached hydrogen (secondary N) is 2. The van der Waals surface area contributed by atoms with Crippen LogP contribution in [0.15, 0.2) is 110 Å². The fraction of sp³-hybridized carbons (Fsp3) is 0. The fourth-order valence-corrected chi connectivity index (χ4v) is 5.56. The number of carbonyl (C=O) groups excluding carboxylic acids is 2. The molecule has 9 heteroatoms.